The summed E-state index contributed by atoms with van der Waals surface area (Å²) in [5, 5.41) is 7.71. The van der Waals surface area contributed by atoms with Crippen molar-refractivity contribution < 1.29 is 13.2 Å². The molecule has 3 aromatic rings. The van der Waals surface area contributed by atoms with Gasteiger partial charge in [0, 0.05) is 26.2 Å². The van der Waals surface area contributed by atoms with E-state index in [9.17, 15) is 13.2 Å². The Balaban J connectivity index is 1.94. The minimum Gasteiger partial charge on any atom is -0.368 e. The Morgan fingerprint density at radius 2 is 1.83 bits per heavy atom. The van der Waals surface area contributed by atoms with E-state index < -0.39 is 11.7 Å². The highest BCUT2D eigenvalue weighted by Gasteiger charge is 2.36. The van der Waals surface area contributed by atoms with E-state index in [1.54, 1.807) is 15.4 Å². The van der Waals surface area contributed by atoms with E-state index in [1.807, 2.05) is 7.05 Å². The summed E-state index contributed by atoms with van der Waals surface area (Å²) < 4.78 is 42.4. The van der Waals surface area contributed by atoms with Gasteiger partial charge in [0.1, 0.15) is 6.33 Å². The number of hydrogen-bond donors (Lipinski definition) is 0. The number of halogens is 3. The second kappa shape index (κ2) is 5.30. The second-order valence-corrected chi connectivity index (χ2v) is 5.96. The standard InChI is InChI=1S/C15H15F3N6/c1-22-2-4-23(5-3-22)12-7-13-11(6-10(12)15(16,17)18)19-8-14-21-20-9-24(13)14/h6-9H,2-5H2,1H3. The van der Waals surface area contributed by atoms with Crippen LogP contribution in [-0.4, -0.2) is 57.7 Å². The summed E-state index contributed by atoms with van der Waals surface area (Å²) in [4.78, 5) is 7.99. The van der Waals surface area contributed by atoms with Gasteiger partial charge in [-0.1, -0.05) is 0 Å². The van der Waals surface area contributed by atoms with Crippen molar-refractivity contribution in [2.75, 3.05) is 38.1 Å². The fourth-order valence-electron chi connectivity index (χ4n) is 3.04. The predicted octanol–water partition coefficient (Wildman–Crippen LogP) is 2.05. The monoisotopic (exact) mass is 336 g/mol. The molecule has 24 heavy (non-hydrogen) atoms. The molecule has 6 nitrogen and oxygen atoms in total. The smallest absolute Gasteiger partial charge is 0.368 e. The minimum atomic E-state index is -4.43. The molecule has 9 heteroatoms. The third kappa shape index (κ3) is 2.44. The average molecular weight is 336 g/mol. The number of benzene rings is 1. The minimum absolute atomic E-state index is 0.186. The molecule has 4 rings (SSSR count). The van der Waals surface area contributed by atoms with E-state index in [1.165, 1.54) is 12.5 Å². The van der Waals surface area contributed by atoms with Crippen LogP contribution in [0, 0.1) is 0 Å². The highest BCUT2D eigenvalue weighted by atomic mass is 19.4. The highest BCUT2D eigenvalue weighted by Crippen LogP contribution is 2.39. The van der Waals surface area contributed by atoms with Crippen molar-refractivity contribution in [2.45, 2.75) is 6.18 Å². The van der Waals surface area contributed by atoms with Crippen LogP contribution in [0.4, 0.5) is 18.9 Å². The van der Waals surface area contributed by atoms with E-state index in [4.69, 9.17) is 0 Å². The van der Waals surface area contributed by atoms with E-state index in [-0.39, 0.29) is 11.2 Å². The van der Waals surface area contributed by atoms with Crippen LogP contribution in [0.1, 0.15) is 5.56 Å². The van der Waals surface area contributed by atoms with Crippen molar-refractivity contribution in [1.29, 1.82) is 0 Å². The first-order valence-electron chi connectivity index (χ1n) is 7.57. The van der Waals surface area contributed by atoms with Crippen molar-refractivity contribution >= 4 is 22.4 Å². The van der Waals surface area contributed by atoms with Gasteiger partial charge in [-0.25, -0.2) is 0 Å². The molecule has 0 bridgehead atoms. The van der Waals surface area contributed by atoms with E-state index >= 15 is 0 Å². The van der Waals surface area contributed by atoms with Gasteiger partial charge in [0.05, 0.1) is 28.5 Å². The summed E-state index contributed by atoms with van der Waals surface area (Å²) in [6, 6.07) is 2.66. The normalized spacial score (nSPS) is 17.1. The zero-order chi connectivity index (χ0) is 16.9. The van der Waals surface area contributed by atoms with Gasteiger partial charge in [0.15, 0.2) is 5.65 Å². The van der Waals surface area contributed by atoms with Gasteiger partial charge in [-0.2, -0.15) is 13.2 Å². The number of fused-ring (bicyclic) bond motifs is 3. The maximum atomic E-state index is 13.6. The van der Waals surface area contributed by atoms with E-state index in [2.05, 4.69) is 20.1 Å². The maximum Gasteiger partial charge on any atom is 0.418 e. The molecule has 0 spiro atoms. The molecular weight excluding hydrogens is 321 g/mol. The zero-order valence-electron chi connectivity index (χ0n) is 13.0. The molecule has 0 radical (unpaired) electrons. The fraction of sp³-hybridized carbons (Fsp3) is 0.400. The number of hydrogen-bond acceptors (Lipinski definition) is 5. The molecule has 0 aliphatic carbocycles. The Kier molecular flexibility index (Phi) is 3.34. The van der Waals surface area contributed by atoms with Crippen LogP contribution in [0.5, 0.6) is 0 Å². The molecule has 0 N–H and O–H groups in total. The van der Waals surface area contributed by atoms with Crippen LogP contribution in [0.3, 0.4) is 0 Å². The molecule has 126 valence electrons. The van der Waals surface area contributed by atoms with Crippen molar-refractivity contribution in [3.05, 3.63) is 30.2 Å². The van der Waals surface area contributed by atoms with Crippen LogP contribution in [0.15, 0.2) is 24.7 Å². The fourth-order valence-corrected chi connectivity index (χ4v) is 3.04. The van der Waals surface area contributed by atoms with Crippen molar-refractivity contribution in [1.82, 2.24) is 24.5 Å². The Morgan fingerprint density at radius 3 is 2.54 bits per heavy atom. The molecule has 1 aliphatic rings. The number of rotatable bonds is 1. The quantitative estimate of drug-likeness (QED) is 0.681. The first kappa shape index (κ1) is 15.1. The Labute approximate surface area is 135 Å². The van der Waals surface area contributed by atoms with Gasteiger partial charge in [-0.05, 0) is 19.2 Å². The van der Waals surface area contributed by atoms with Gasteiger partial charge in [0.25, 0.3) is 0 Å². The first-order valence-corrected chi connectivity index (χ1v) is 7.57. The van der Waals surface area contributed by atoms with Gasteiger partial charge >= 0.3 is 6.18 Å². The summed E-state index contributed by atoms with van der Waals surface area (Å²) in [6.07, 6.45) is -1.53. The molecule has 2 aromatic heterocycles. The van der Waals surface area contributed by atoms with Crippen molar-refractivity contribution in [3.63, 3.8) is 0 Å². The summed E-state index contributed by atoms with van der Waals surface area (Å²) in [5.41, 5.74) is 0.879. The summed E-state index contributed by atoms with van der Waals surface area (Å²) in [6.45, 7) is 2.56. The first-order chi connectivity index (χ1) is 11.4. The molecule has 0 saturated carbocycles. The van der Waals surface area contributed by atoms with Gasteiger partial charge in [-0.15, -0.1) is 10.2 Å². The number of nitrogens with zero attached hydrogens (tertiary/aromatic N) is 6. The Hall–Kier alpha value is -2.42. The third-order valence-corrected chi connectivity index (χ3v) is 4.40. The third-order valence-electron chi connectivity index (χ3n) is 4.40. The summed E-state index contributed by atoms with van der Waals surface area (Å²) in [5.74, 6) is 0. The van der Waals surface area contributed by atoms with Gasteiger partial charge in [0.2, 0.25) is 0 Å². The molecular formula is C15H15F3N6. The van der Waals surface area contributed by atoms with Crippen LogP contribution in [-0.2, 0) is 6.18 Å². The van der Waals surface area contributed by atoms with Crippen LogP contribution < -0.4 is 4.90 Å². The number of anilines is 1. The van der Waals surface area contributed by atoms with Crippen molar-refractivity contribution in [3.8, 4) is 0 Å². The molecule has 1 aliphatic heterocycles. The molecule has 0 unspecified atom stereocenters. The average Bonchev–Trinajstić information content (AvgIpc) is 3.02. The van der Waals surface area contributed by atoms with Gasteiger partial charge < -0.3 is 9.80 Å². The molecule has 0 atom stereocenters. The lowest BCUT2D eigenvalue weighted by Gasteiger charge is -2.35. The number of likely N-dealkylation sites (N-methyl/N-ethyl adjacent to an activating group) is 1. The lowest BCUT2D eigenvalue weighted by atomic mass is 10.1. The van der Waals surface area contributed by atoms with Gasteiger partial charge in [-0.3, -0.25) is 9.38 Å². The van der Waals surface area contributed by atoms with E-state index in [0.29, 0.717) is 24.3 Å². The van der Waals surface area contributed by atoms with Crippen LogP contribution >= 0.6 is 0 Å². The number of alkyl halides is 3. The number of piperazine rings is 1. The largest absolute Gasteiger partial charge is 0.418 e. The molecule has 1 saturated heterocycles. The van der Waals surface area contributed by atoms with Crippen LogP contribution in [0.2, 0.25) is 0 Å². The summed E-state index contributed by atoms with van der Waals surface area (Å²) in [7, 11) is 1.97. The zero-order valence-corrected chi connectivity index (χ0v) is 13.0. The second-order valence-electron chi connectivity index (χ2n) is 5.96. The topological polar surface area (TPSA) is 49.6 Å². The predicted molar refractivity (Wildman–Crippen MR) is 83.0 cm³/mol. The summed E-state index contributed by atoms with van der Waals surface area (Å²) >= 11 is 0. The van der Waals surface area contributed by atoms with Crippen molar-refractivity contribution in [2.24, 2.45) is 0 Å². The lowest BCUT2D eigenvalue weighted by Crippen LogP contribution is -2.45. The SMILES string of the molecule is CN1CCN(c2cc3c(cc2C(F)(F)F)ncc2nncn23)CC1. The lowest BCUT2D eigenvalue weighted by molar-refractivity contribution is -0.137. The molecule has 1 fully saturated rings. The molecule has 3 heterocycles. The highest BCUT2D eigenvalue weighted by molar-refractivity contribution is 5.83. The molecule has 1 aromatic carbocycles. The van der Waals surface area contributed by atoms with E-state index in [0.717, 1.165) is 19.2 Å². The Morgan fingerprint density at radius 1 is 1.08 bits per heavy atom. The number of aromatic nitrogens is 4. The van der Waals surface area contributed by atoms with Crippen LogP contribution in [0.25, 0.3) is 16.7 Å². The maximum absolute atomic E-state index is 13.6. The Bertz CT molecular complexity index is 895. The molecule has 0 amide bonds.